The molecule has 0 aliphatic carbocycles. The maximum atomic E-state index is 12.2. The summed E-state index contributed by atoms with van der Waals surface area (Å²) in [6, 6.07) is 10.0. The first kappa shape index (κ1) is 15.0. The molecule has 1 aromatic rings. The van der Waals surface area contributed by atoms with Crippen LogP contribution < -0.4 is 0 Å². The van der Waals surface area contributed by atoms with Crippen LogP contribution in [0.25, 0.3) is 0 Å². The molecule has 1 aromatic carbocycles. The molecule has 0 unspecified atom stereocenters. The van der Waals surface area contributed by atoms with E-state index in [0.717, 1.165) is 0 Å². The van der Waals surface area contributed by atoms with Crippen LogP contribution in [0.1, 0.15) is 38.1 Å². The van der Waals surface area contributed by atoms with Gasteiger partial charge in [0, 0.05) is 23.8 Å². The molecule has 3 heteroatoms. The zero-order valence-corrected chi connectivity index (χ0v) is 12.9. The number of ketones is 1. The monoisotopic (exact) mass is 309 g/mol. The Morgan fingerprint density at radius 2 is 1.61 bits per heavy atom. The summed E-state index contributed by atoms with van der Waals surface area (Å²) in [7, 11) is 0. The second-order valence-electron chi connectivity index (χ2n) is 4.81. The number of halogens is 1. The number of rotatable bonds is 5. The summed E-state index contributed by atoms with van der Waals surface area (Å²) in [4.78, 5) is 14.3. The van der Waals surface area contributed by atoms with Gasteiger partial charge in [-0.2, -0.15) is 0 Å². The van der Waals surface area contributed by atoms with Crippen molar-refractivity contribution in [2.45, 2.75) is 39.8 Å². The standard InChI is InChI=1S/C15H20BrNO/c1-11(2)17(12(3)4)10-14(16)15(18)13-8-6-5-7-9-13/h5-12H,1-4H3/b14-10-. The van der Waals surface area contributed by atoms with E-state index in [0.29, 0.717) is 22.1 Å². The first-order valence-corrected chi connectivity index (χ1v) is 6.97. The maximum Gasteiger partial charge on any atom is 0.201 e. The van der Waals surface area contributed by atoms with E-state index in [9.17, 15) is 4.79 Å². The van der Waals surface area contributed by atoms with Gasteiger partial charge in [0.05, 0.1) is 4.48 Å². The van der Waals surface area contributed by atoms with Crippen molar-refractivity contribution in [3.05, 3.63) is 46.6 Å². The molecule has 0 amide bonds. The Morgan fingerprint density at radius 3 is 2.06 bits per heavy atom. The molecule has 0 fully saturated rings. The van der Waals surface area contributed by atoms with Gasteiger partial charge in [-0.25, -0.2) is 0 Å². The molecule has 2 nitrogen and oxygen atoms in total. The lowest BCUT2D eigenvalue weighted by Crippen LogP contribution is -2.32. The molecule has 1 rings (SSSR count). The average Bonchev–Trinajstić information content (AvgIpc) is 2.35. The van der Waals surface area contributed by atoms with Gasteiger partial charge in [0.25, 0.3) is 0 Å². The molecule has 0 aliphatic heterocycles. The van der Waals surface area contributed by atoms with Crippen LogP contribution in [0.4, 0.5) is 0 Å². The van der Waals surface area contributed by atoms with E-state index in [1.807, 2.05) is 36.5 Å². The van der Waals surface area contributed by atoms with Crippen LogP contribution >= 0.6 is 15.9 Å². The lowest BCUT2D eigenvalue weighted by Gasteiger charge is -2.29. The third-order valence-corrected chi connectivity index (χ3v) is 3.27. The molecule has 0 N–H and O–H groups in total. The smallest absolute Gasteiger partial charge is 0.201 e. The van der Waals surface area contributed by atoms with Crippen LogP contribution in [0.2, 0.25) is 0 Å². The van der Waals surface area contributed by atoms with Gasteiger partial charge in [-0.1, -0.05) is 30.3 Å². The zero-order valence-electron chi connectivity index (χ0n) is 11.4. The molecule has 0 saturated carbocycles. The Hall–Kier alpha value is -1.09. The highest BCUT2D eigenvalue weighted by Crippen LogP contribution is 2.17. The summed E-state index contributed by atoms with van der Waals surface area (Å²) in [6.07, 6.45) is 1.89. The van der Waals surface area contributed by atoms with Crippen LogP contribution in [0.3, 0.4) is 0 Å². The molecule has 0 aromatic heterocycles. The average molecular weight is 310 g/mol. The van der Waals surface area contributed by atoms with Gasteiger partial charge in [-0.3, -0.25) is 4.79 Å². The van der Waals surface area contributed by atoms with Crippen molar-refractivity contribution in [2.24, 2.45) is 0 Å². The molecule has 0 radical (unpaired) electrons. The maximum absolute atomic E-state index is 12.2. The fourth-order valence-electron chi connectivity index (χ4n) is 1.81. The van der Waals surface area contributed by atoms with Crippen molar-refractivity contribution in [3.63, 3.8) is 0 Å². The number of hydrogen-bond donors (Lipinski definition) is 0. The Balaban J connectivity index is 2.92. The van der Waals surface area contributed by atoms with Gasteiger partial charge in [-0.15, -0.1) is 0 Å². The fourth-order valence-corrected chi connectivity index (χ4v) is 2.28. The van der Waals surface area contributed by atoms with Gasteiger partial charge < -0.3 is 4.90 Å². The zero-order chi connectivity index (χ0) is 13.7. The lowest BCUT2D eigenvalue weighted by molar-refractivity contribution is 0.104. The van der Waals surface area contributed by atoms with Crippen LogP contribution in [-0.4, -0.2) is 22.8 Å². The summed E-state index contributed by atoms with van der Waals surface area (Å²) < 4.78 is 0.594. The number of carbonyl (C=O) groups excluding carboxylic acids is 1. The van der Waals surface area contributed by atoms with Gasteiger partial charge in [0.15, 0.2) is 0 Å². The summed E-state index contributed by atoms with van der Waals surface area (Å²) in [6.45, 7) is 8.46. The normalized spacial score (nSPS) is 12.1. The summed E-state index contributed by atoms with van der Waals surface area (Å²) in [5, 5.41) is 0. The highest BCUT2D eigenvalue weighted by molar-refractivity contribution is 9.12. The number of benzene rings is 1. The van der Waals surface area contributed by atoms with E-state index in [1.54, 1.807) is 0 Å². The Kier molecular flexibility index (Phi) is 5.60. The highest BCUT2D eigenvalue weighted by atomic mass is 79.9. The summed E-state index contributed by atoms with van der Waals surface area (Å²) >= 11 is 3.39. The molecule has 98 valence electrons. The Bertz CT molecular complexity index is 415. The minimum atomic E-state index is 0.0156. The molecule has 0 heterocycles. The first-order valence-electron chi connectivity index (χ1n) is 6.18. The van der Waals surface area contributed by atoms with E-state index < -0.39 is 0 Å². The molecule has 0 saturated heterocycles. The third-order valence-electron chi connectivity index (χ3n) is 2.71. The van der Waals surface area contributed by atoms with Crippen molar-refractivity contribution in [1.82, 2.24) is 4.90 Å². The molecular formula is C15H20BrNO. The van der Waals surface area contributed by atoms with Gasteiger partial charge in [0.1, 0.15) is 0 Å². The van der Waals surface area contributed by atoms with Crippen molar-refractivity contribution < 1.29 is 4.79 Å². The SMILES string of the molecule is CC(C)N(/C=C(\Br)C(=O)c1ccccc1)C(C)C. The third kappa shape index (κ3) is 3.98. The number of Topliss-reactive ketones (excluding diaryl/α,β-unsaturated/α-hetero) is 1. The summed E-state index contributed by atoms with van der Waals surface area (Å²) in [5.41, 5.74) is 0.702. The number of allylic oxidation sites excluding steroid dienone is 1. The molecular weight excluding hydrogens is 290 g/mol. The van der Waals surface area contributed by atoms with Gasteiger partial charge in [-0.05, 0) is 43.6 Å². The van der Waals surface area contributed by atoms with Crippen LogP contribution in [0.15, 0.2) is 41.0 Å². The second kappa shape index (κ2) is 6.74. The van der Waals surface area contributed by atoms with Crippen molar-refractivity contribution in [2.75, 3.05) is 0 Å². The Morgan fingerprint density at radius 1 is 1.11 bits per heavy atom. The van der Waals surface area contributed by atoms with Crippen molar-refractivity contribution in [3.8, 4) is 0 Å². The minimum absolute atomic E-state index is 0.0156. The van der Waals surface area contributed by atoms with E-state index in [2.05, 4.69) is 48.5 Å². The van der Waals surface area contributed by atoms with Crippen molar-refractivity contribution >= 4 is 21.7 Å². The van der Waals surface area contributed by atoms with Crippen LogP contribution in [-0.2, 0) is 0 Å². The molecule has 0 bridgehead atoms. The van der Waals surface area contributed by atoms with E-state index in [1.165, 1.54) is 0 Å². The largest absolute Gasteiger partial charge is 0.371 e. The highest BCUT2D eigenvalue weighted by Gasteiger charge is 2.14. The van der Waals surface area contributed by atoms with Crippen LogP contribution in [0, 0.1) is 0 Å². The van der Waals surface area contributed by atoms with Crippen molar-refractivity contribution in [1.29, 1.82) is 0 Å². The second-order valence-corrected chi connectivity index (χ2v) is 5.66. The molecule has 18 heavy (non-hydrogen) atoms. The van der Waals surface area contributed by atoms with Crippen LogP contribution in [0.5, 0.6) is 0 Å². The van der Waals surface area contributed by atoms with Gasteiger partial charge >= 0.3 is 0 Å². The molecule has 0 atom stereocenters. The number of hydrogen-bond acceptors (Lipinski definition) is 2. The van der Waals surface area contributed by atoms with E-state index in [-0.39, 0.29) is 5.78 Å². The predicted octanol–water partition coefficient (Wildman–Crippen LogP) is 4.22. The van der Waals surface area contributed by atoms with Gasteiger partial charge in [0.2, 0.25) is 5.78 Å². The number of carbonyl (C=O) groups is 1. The Labute approximate surface area is 118 Å². The molecule has 0 aliphatic rings. The fraction of sp³-hybridized carbons (Fsp3) is 0.400. The topological polar surface area (TPSA) is 20.3 Å². The lowest BCUT2D eigenvalue weighted by atomic mass is 10.1. The van der Waals surface area contributed by atoms with E-state index in [4.69, 9.17) is 0 Å². The molecule has 0 spiro atoms. The number of nitrogens with zero attached hydrogens (tertiary/aromatic N) is 1. The minimum Gasteiger partial charge on any atom is -0.371 e. The first-order chi connectivity index (χ1) is 8.43. The quantitative estimate of drug-likeness (QED) is 0.599. The predicted molar refractivity (Wildman–Crippen MR) is 79.9 cm³/mol. The summed E-state index contributed by atoms with van der Waals surface area (Å²) in [5.74, 6) is 0.0156. The van der Waals surface area contributed by atoms with E-state index >= 15 is 0 Å².